The van der Waals surface area contributed by atoms with Crippen LogP contribution in [0.5, 0.6) is 5.75 Å². The van der Waals surface area contributed by atoms with Crippen LogP contribution in [0.2, 0.25) is 0 Å². The zero-order chi connectivity index (χ0) is 14.4. The molecule has 0 bridgehead atoms. The molecular weight excluding hydrogens is 246 g/mol. The molecule has 0 heterocycles. The molecular formula is C14H21NO4. The number of aliphatic hydroxyl groups is 1. The molecule has 0 saturated heterocycles. The molecule has 0 radical (unpaired) electrons. The quantitative estimate of drug-likeness (QED) is 0.609. The van der Waals surface area contributed by atoms with Gasteiger partial charge in [0.2, 0.25) is 0 Å². The van der Waals surface area contributed by atoms with Gasteiger partial charge in [-0.05, 0) is 31.2 Å². The minimum atomic E-state index is -0.423. The molecule has 0 aromatic heterocycles. The van der Waals surface area contributed by atoms with Crippen molar-refractivity contribution in [1.29, 1.82) is 0 Å². The van der Waals surface area contributed by atoms with Crippen molar-refractivity contribution in [2.24, 2.45) is 5.92 Å². The summed E-state index contributed by atoms with van der Waals surface area (Å²) in [5, 5.41) is 20.6. The fraction of sp³-hybridized carbons (Fsp3) is 0.571. The molecule has 0 aliphatic carbocycles. The Hall–Kier alpha value is -1.62. The molecule has 1 N–H and O–H groups in total. The SMILES string of the molecule is COc1ccc([N+](=O)[O-])cc1CCC(O)CC(C)C. The van der Waals surface area contributed by atoms with E-state index in [4.69, 9.17) is 4.74 Å². The van der Waals surface area contributed by atoms with Crippen LogP contribution >= 0.6 is 0 Å². The van der Waals surface area contributed by atoms with E-state index in [1.165, 1.54) is 19.2 Å². The number of hydrogen-bond donors (Lipinski definition) is 1. The summed E-state index contributed by atoms with van der Waals surface area (Å²) in [5.74, 6) is 1.06. The third-order valence-corrected chi connectivity index (χ3v) is 2.97. The standard InChI is InChI=1S/C14H21NO4/c1-10(2)8-13(16)6-4-11-9-12(15(17)18)5-7-14(11)19-3/h5,7,9-10,13,16H,4,6,8H2,1-3H3. The van der Waals surface area contributed by atoms with Crippen LogP contribution in [-0.4, -0.2) is 23.2 Å². The molecule has 19 heavy (non-hydrogen) atoms. The van der Waals surface area contributed by atoms with Gasteiger partial charge in [-0.3, -0.25) is 10.1 Å². The molecule has 0 amide bonds. The summed E-state index contributed by atoms with van der Waals surface area (Å²) in [5.41, 5.74) is 0.814. The van der Waals surface area contributed by atoms with Gasteiger partial charge in [-0.25, -0.2) is 0 Å². The van der Waals surface area contributed by atoms with E-state index in [0.717, 1.165) is 12.0 Å². The summed E-state index contributed by atoms with van der Waals surface area (Å²) in [4.78, 5) is 10.3. The molecule has 1 atom stereocenters. The second-order valence-electron chi connectivity index (χ2n) is 5.08. The number of hydrogen-bond acceptors (Lipinski definition) is 4. The first-order chi connectivity index (χ1) is 8.93. The lowest BCUT2D eigenvalue weighted by molar-refractivity contribution is -0.384. The van der Waals surface area contributed by atoms with Gasteiger partial charge in [0, 0.05) is 17.7 Å². The number of benzene rings is 1. The Balaban J connectivity index is 2.75. The summed E-state index contributed by atoms with van der Waals surface area (Å²) < 4.78 is 5.19. The van der Waals surface area contributed by atoms with Gasteiger partial charge in [-0.1, -0.05) is 13.8 Å². The van der Waals surface area contributed by atoms with Gasteiger partial charge in [-0.15, -0.1) is 0 Å². The van der Waals surface area contributed by atoms with Crippen LogP contribution in [0, 0.1) is 16.0 Å². The third-order valence-electron chi connectivity index (χ3n) is 2.97. The number of non-ortho nitro benzene ring substituents is 1. The number of nitro groups is 1. The van der Waals surface area contributed by atoms with Crippen LogP contribution in [0.25, 0.3) is 0 Å². The second-order valence-corrected chi connectivity index (χ2v) is 5.08. The Morgan fingerprint density at radius 2 is 2.11 bits per heavy atom. The van der Waals surface area contributed by atoms with Crippen LogP contribution in [0.15, 0.2) is 18.2 Å². The van der Waals surface area contributed by atoms with Crippen molar-refractivity contribution in [2.45, 2.75) is 39.2 Å². The molecule has 5 nitrogen and oxygen atoms in total. The first-order valence-corrected chi connectivity index (χ1v) is 6.43. The maximum absolute atomic E-state index is 10.8. The van der Waals surface area contributed by atoms with E-state index in [0.29, 0.717) is 24.5 Å². The van der Waals surface area contributed by atoms with Gasteiger partial charge in [0.1, 0.15) is 5.75 Å². The maximum atomic E-state index is 10.8. The number of nitrogens with zero attached hydrogens (tertiary/aromatic N) is 1. The molecule has 0 spiro atoms. The zero-order valence-electron chi connectivity index (χ0n) is 11.6. The van der Waals surface area contributed by atoms with E-state index < -0.39 is 4.92 Å². The monoisotopic (exact) mass is 267 g/mol. The predicted octanol–water partition coefficient (Wildman–Crippen LogP) is 2.94. The van der Waals surface area contributed by atoms with E-state index in [1.807, 2.05) is 0 Å². The Kier molecular flexibility index (Phi) is 5.76. The summed E-state index contributed by atoms with van der Waals surface area (Å²) >= 11 is 0. The number of methoxy groups -OCH3 is 1. The molecule has 1 aromatic rings. The van der Waals surface area contributed by atoms with Crippen molar-refractivity contribution < 1.29 is 14.8 Å². The average Bonchev–Trinajstić information content (AvgIpc) is 2.35. The van der Waals surface area contributed by atoms with Gasteiger partial charge < -0.3 is 9.84 Å². The van der Waals surface area contributed by atoms with E-state index in [2.05, 4.69) is 13.8 Å². The van der Waals surface area contributed by atoms with Crippen molar-refractivity contribution >= 4 is 5.69 Å². The average molecular weight is 267 g/mol. The fourth-order valence-corrected chi connectivity index (χ4v) is 2.06. The number of nitro benzene ring substituents is 1. The Bertz CT molecular complexity index is 431. The van der Waals surface area contributed by atoms with Crippen molar-refractivity contribution in [3.63, 3.8) is 0 Å². The number of rotatable bonds is 7. The highest BCUT2D eigenvalue weighted by atomic mass is 16.6. The molecule has 5 heteroatoms. The van der Waals surface area contributed by atoms with Crippen molar-refractivity contribution in [3.05, 3.63) is 33.9 Å². The highest BCUT2D eigenvalue weighted by Gasteiger charge is 2.13. The van der Waals surface area contributed by atoms with Gasteiger partial charge in [0.25, 0.3) is 5.69 Å². The lowest BCUT2D eigenvalue weighted by Gasteiger charge is -2.14. The molecule has 1 rings (SSSR count). The minimum absolute atomic E-state index is 0.0501. The van der Waals surface area contributed by atoms with Crippen molar-refractivity contribution in [2.75, 3.05) is 7.11 Å². The van der Waals surface area contributed by atoms with Crippen molar-refractivity contribution in [3.8, 4) is 5.75 Å². The topological polar surface area (TPSA) is 72.6 Å². The number of aryl methyl sites for hydroxylation is 1. The lowest BCUT2D eigenvalue weighted by Crippen LogP contribution is -2.11. The van der Waals surface area contributed by atoms with Gasteiger partial charge in [-0.2, -0.15) is 0 Å². The van der Waals surface area contributed by atoms with Crippen molar-refractivity contribution in [1.82, 2.24) is 0 Å². The third kappa shape index (κ3) is 4.87. The maximum Gasteiger partial charge on any atom is 0.269 e. The fourth-order valence-electron chi connectivity index (χ4n) is 2.06. The van der Waals surface area contributed by atoms with E-state index in [9.17, 15) is 15.2 Å². The van der Waals surface area contributed by atoms with Crippen LogP contribution in [-0.2, 0) is 6.42 Å². The smallest absolute Gasteiger partial charge is 0.269 e. The first kappa shape index (κ1) is 15.4. The summed E-state index contributed by atoms with van der Waals surface area (Å²) in [6.45, 7) is 4.11. The van der Waals surface area contributed by atoms with Crippen LogP contribution in [0.4, 0.5) is 5.69 Å². The van der Waals surface area contributed by atoms with Crippen LogP contribution in [0.1, 0.15) is 32.3 Å². The summed E-state index contributed by atoms with van der Waals surface area (Å²) in [6, 6.07) is 4.54. The Morgan fingerprint density at radius 1 is 1.42 bits per heavy atom. The molecule has 0 aliphatic heterocycles. The van der Waals surface area contributed by atoms with Gasteiger partial charge in [0.15, 0.2) is 0 Å². The molecule has 106 valence electrons. The van der Waals surface area contributed by atoms with Crippen LogP contribution in [0.3, 0.4) is 0 Å². The molecule has 0 saturated carbocycles. The minimum Gasteiger partial charge on any atom is -0.496 e. The van der Waals surface area contributed by atoms with Crippen LogP contribution < -0.4 is 4.74 Å². The van der Waals surface area contributed by atoms with Gasteiger partial charge >= 0.3 is 0 Å². The molecule has 1 unspecified atom stereocenters. The van der Waals surface area contributed by atoms with E-state index in [-0.39, 0.29) is 11.8 Å². The molecule has 1 aromatic carbocycles. The lowest BCUT2D eigenvalue weighted by atomic mass is 9.99. The van der Waals surface area contributed by atoms with Gasteiger partial charge in [0.05, 0.1) is 18.1 Å². The zero-order valence-corrected chi connectivity index (χ0v) is 11.6. The molecule has 0 fully saturated rings. The first-order valence-electron chi connectivity index (χ1n) is 6.43. The Labute approximate surface area is 113 Å². The van der Waals surface area contributed by atoms with E-state index in [1.54, 1.807) is 6.07 Å². The highest BCUT2D eigenvalue weighted by molar-refractivity contribution is 5.43. The predicted molar refractivity (Wildman–Crippen MR) is 73.4 cm³/mol. The summed E-state index contributed by atoms with van der Waals surface area (Å²) in [6.07, 6.45) is 1.50. The number of ether oxygens (including phenoxy) is 1. The normalized spacial score (nSPS) is 12.5. The molecule has 0 aliphatic rings. The highest BCUT2D eigenvalue weighted by Crippen LogP contribution is 2.26. The largest absolute Gasteiger partial charge is 0.496 e. The van der Waals surface area contributed by atoms with E-state index >= 15 is 0 Å². The number of aliphatic hydroxyl groups excluding tert-OH is 1. The Morgan fingerprint density at radius 3 is 2.63 bits per heavy atom. The summed E-state index contributed by atoms with van der Waals surface area (Å²) in [7, 11) is 1.54. The second kappa shape index (κ2) is 7.09.